The van der Waals surface area contributed by atoms with Crippen molar-refractivity contribution in [3.8, 4) is 0 Å². The van der Waals surface area contributed by atoms with E-state index in [9.17, 15) is 18.0 Å². The molecule has 0 bridgehead atoms. The van der Waals surface area contributed by atoms with Crippen LogP contribution in [0.15, 0.2) is 34.3 Å². The molecule has 1 amide bonds. The Hall–Kier alpha value is -3.81. The lowest BCUT2D eigenvalue weighted by atomic mass is 10.2. The summed E-state index contributed by atoms with van der Waals surface area (Å²) in [6.07, 6.45) is -4.47. The fraction of sp³-hybridized carbons (Fsp3) is 0.0714. The third kappa shape index (κ3) is 5.83. The van der Waals surface area contributed by atoms with Gasteiger partial charge in [-0.15, -0.1) is 0 Å². The molecular weight excluding hydrogens is 417 g/mol. The third-order valence-electron chi connectivity index (χ3n) is 3.10. The summed E-state index contributed by atoms with van der Waals surface area (Å²) in [6, 6.07) is 3.87. The molecule has 10 N–H and O–H groups in total. The lowest BCUT2D eigenvalue weighted by Crippen LogP contribution is -2.46. The fourth-order valence-electron chi connectivity index (χ4n) is 1.82. The average molecular weight is 431 g/mol. The van der Waals surface area contributed by atoms with Crippen LogP contribution in [-0.2, 0) is 6.18 Å². The van der Waals surface area contributed by atoms with Gasteiger partial charge >= 0.3 is 6.18 Å². The molecule has 0 radical (unpaired) electrons. The van der Waals surface area contributed by atoms with Crippen LogP contribution in [0.3, 0.4) is 0 Å². The summed E-state index contributed by atoms with van der Waals surface area (Å²) in [5, 5.41) is -0.223. The number of alkyl halides is 3. The lowest BCUT2D eigenvalue weighted by molar-refractivity contribution is -0.137. The van der Waals surface area contributed by atoms with Gasteiger partial charge in [0.05, 0.1) is 11.3 Å². The van der Waals surface area contributed by atoms with E-state index in [-0.39, 0.29) is 40.1 Å². The molecule has 0 spiro atoms. The maximum absolute atomic E-state index is 12.5. The Morgan fingerprint density at radius 1 is 1.03 bits per heavy atom. The average Bonchev–Trinajstić information content (AvgIpc) is 2.62. The highest BCUT2D eigenvalue weighted by Crippen LogP contribution is 2.30. The molecule has 11 nitrogen and oxygen atoms in total. The number of carbonyl (C=O) groups is 1. The molecule has 0 unspecified atom stereocenters. The number of nitrogens with two attached hydrogens (primary N) is 4. The minimum absolute atomic E-state index is 0.107. The molecule has 1 heterocycles. The smallest absolute Gasteiger partial charge is 0.382 e. The number of aromatic nitrogens is 2. The number of hydrogen-bond acceptors (Lipinski definition) is 6. The van der Waals surface area contributed by atoms with E-state index in [2.05, 4.69) is 30.8 Å². The molecule has 0 saturated carbocycles. The number of guanidine groups is 2. The van der Waals surface area contributed by atoms with Gasteiger partial charge in [-0.1, -0.05) is 11.6 Å². The van der Waals surface area contributed by atoms with Gasteiger partial charge in [0, 0.05) is 0 Å². The van der Waals surface area contributed by atoms with Crippen LogP contribution in [0.1, 0.15) is 16.1 Å². The number of halogens is 4. The number of hydrogen-bond donors (Lipinski definition) is 6. The Bertz CT molecular complexity index is 975. The summed E-state index contributed by atoms with van der Waals surface area (Å²) in [7, 11) is 0. The van der Waals surface area contributed by atoms with E-state index in [4.69, 9.17) is 34.5 Å². The van der Waals surface area contributed by atoms with Crippen molar-refractivity contribution in [3.63, 3.8) is 0 Å². The standard InChI is InChI=1S/C14H14ClF3N10O/c15-8-10(20)25-9(19)7(24-8)11(29)27-28-13(22)26-12(21)23-6-3-1-5(2-4-6)14(16,17)18/h1-4H,(H,27,29)(H4,19,20,25)(H5,21,22,23,26,28). The van der Waals surface area contributed by atoms with Gasteiger partial charge in [0.2, 0.25) is 11.9 Å². The molecule has 154 valence electrons. The number of nitrogen functional groups attached to an aromatic ring is 2. The predicted octanol–water partition coefficient (Wildman–Crippen LogP) is 0.509. The van der Waals surface area contributed by atoms with Gasteiger partial charge in [0.15, 0.2) is 22.5 Å². The maximum Gasteiger partial charge on any atom is 0.416 e. The molecule has 0 aliphatic carbocycles. The number of rotatable bonds is 2. The van der Waals surface area contributed by atoms with Crippen LogP contribution >= 0.6 is 11.6 Å². The molecule has 2 rings (SSSR count). The molecular formula is C14H14ClF3N10O. The summed E-state index contributed by atoms with van der Waals surface area (Å²) in [4.78, 5) is 26.7. The Morgan fingerprint density at radius 3 is 2.24 bits per heavy atom. The van der Waals surface area contributed by atoms with Crippen LogP contribution in [0.2, 0.25) is 5.15 Å². The first-order chi connectivity index (χ1) is 13.5. The van der Waals surface area contributed by atoms with Crippen molar-refractivity contribution in [1.82, 2.24) is 20.8 Å². The van der Waals surface area contributed by atoms with Gasteiger partial charge in [0.1, 0.15) is 0 Å². The molecule has 1 aromatic heterocycles. The number of carbonyl (C=O) groups excluding carboxylic acids is 1. The van der Waals surface area contributed by atoms with Crippen molar-refractivity contribution in [3.05, 3.63) is 40.7 Å². The summed E-state index contributed by atoms with van der Waals surface area (Å²) in [5.74, 6) is -2.06. The number of benzene rings is 1. The van der Waals surface area contributed by atoms with Crippen molar-refractivity contribution in [2.45, 2.75) is 6.18 Å². The second-order valence-electron chi connectivity index (χ2n) is 5.22. The van der Waals surface area contributed by atoms with E-state index in [1.165, 1.54) is 0 Å². The number of hydrazine groups is 1. The van der Waals surface area contributed by atoms with Crippen LogP contribution in [0.5, 0.6) is 0 Å². The Balaban J connectivity index is 2.02. The quantitative estimate of drug-likeness (QED) is 0.225. The first-order valence-corrected chi connectivity index (χ1v) is 7.85. The third-order valence-corrected chi connectivity index (χ3v) is 3.38. The highest BCUT2D eigenvalue weighted by molar-refractivity contribution is 6.31. The normalized spacial score (nSPS) is 12.6. The molecule has 2 aromatic rings. The molecule has 15 heteroatoms. The van der Waals surface area contributed by atoms with Crippen molar-refractivity contribution in [2.24, 2.45) is 21.5 Å². The predicted molar refractivity (Wildman–Crippen MR) is 101 cm³/mol. The largest absolute Gasteiger partial charge is 0.416 e. The molecule has 0 aliphatic heterocycles. The molecule has 0 aliphatic rings. The number of nitrogens with zero attached hydrogens (tertiary/aromatic N) is 4. The molecule has 29 heavy (non-hydrogen) atoms. The minimum Gasteiger partial charge on any atom is -0.382 e. The van der Waals surface area contributed by atoms with Crippen LogP contribution in [0.4, 0.5) is 30.5 Å². The Kier molecular flexibility index (Phi) is 6.28. The first kappa shape index (κ1) is 21.5. The van der Waals surface area contributed by atoms with E-state index in [0.29, 0.717) is 0 Å². The number of nitrogens with one attached hydrogen (secondary N) is 2. The van der Waals surface area contributed by atoms with Crippen LogP contribution in [-0.4, -0.2) is 27.8 Å². The van der Waals surface area contributed by atoms with Gasteiger partial charge in [-0.25, -0.2) is 15.0 Å². The van der Waals surface area contributed by atoms with Gasteiger partial charge in [0.25, 0.3) is 5.91 Å². The number of amides is 1. The Morgan fingerprint density at radius 2 is 1.66 bits per heavy atom. The van der Waals surface area contributed by atoms with E-state index >= 15 is 0 Å². The van der Waals surface area contributed by atoms with E-state index in [0.717, 1.165) is 24.3 Å². The van der Waals surface area contributed by atoms with Gasteiger partial charge < -0.3 is 22.9 Å². The van der Waals surface area contributed by atoms with Crippen LogP contribution < -0.4 is 33.8 Å². The van der Waals surface area contributed by atoms with E-state index in [1.54, 1.807) is 0 Å². The zero-order valence-corrected chi connectivity index (χ0v) is 15.1. The monoisotopic (exact) mass is 430 g/mol. The topological polar surface area (TPSA) is 196 Å². The van der Waals surface area contributed by atoms with Gasteiger partial charge in [-0.2, -0.15) is 18.2 Å². The van der Waals surface area contributed by atoms with Crippen LogP contribution in [0, 0.1) is 0 Å². The SMILES string of the molecule is NC(=Nc1ccc(C(F)(F)F)cc1)/N=C(\N)NNC(=O)c1nc(Cl)c(N)nc1N. The second kappa shape index (κ2) is 8.47. The van der Waals surface area contributed by atoms with Crippen LogP contribution in [0.25, 0.3) is 0 Å². The fourth-order valence-corrected chi connectivity index (χ4v) is 1.95. The van der Waals surface area contributed by atoms with Crippen molar-refractivity contribution in [2.75, 3.05) is 11.5 Å². The first-order valence-electron chi connectivity index (χ1n) is 7.47. The van der Waals surface area contributed by atoms with Gasteiger partial charge in [-0.3, -0.25) is 15.6 Å². The van der Waals surface area contributed by atoms with Crippen molar-refractivity contribution in [1.29, 1.82) is 0 Å². The van der Waals surface area contributed by atoms with Crippen molar-refractivity contribution < 1.29 is 18.0 Å². The lowest BCUT2D eigenvalue weighted by Gasteiger charge is -2.09. The zero-order valence-electron chi connectivity index (χ0n) is 14.3. The van der Waals surface area contributed by atoms with Gasteiger partial charge in [-0.05, 0) is 24.3 Å². The summed E-state index contributed by atoms with van der Waals surface area (Å²) in [6.45, 7) is 0. The number of anilines is 2. The summed E-state index contributed by atoms with van der Waals surface area (Å²) >= 11 is 5.68. The molecule has 0 atom stereocenters. The summed E-state index contributed by atoms with van der Waals surface area (Å²) < 4.78 is 37.6. The minimum atomic E-state index is -4.47. The Labute approximate surface area is 166 Å². The molecule has 0 saturated heterocycles. The summed E-state index contributed by atoms with van der Waals surface area (Å²) in [5.41, 5.74) is 25.3. The highest BCUT2D eigenvalue weighted by atomic mass is 35.5. The molecule has 0 fully saturated rings. The maximum atomic E-state index is 12.5. The second-order valence-corrected chi connectivity index (χ2v) is 5.58. The molecule has 1 aromatic carbocycles. The zero-order chi connectivity index (χ0) is 21.8. The van der Waals surface area contributed by atoms with E-state index in [1.807, 2.05) is 0 Å². The van der Waals surface area contributed by atoms with E-state index < -0.39 is 17.6 Å². The number of aliphatic imine (C=N–C) groups is 2. The highest BCUT2D eigenvalue weighted by Gasteiger charge is 2.29. The van der Waals surface area contributed by atoms with Crippen molar-refractivity contribution >= 4 is 46.8 Å².